The first-order chi connectivity index (χ1) is 16.9. The maximum absolute atomic E-state index is 14.1. The summed E-state index contributed by atoms with van der Waals surface area (Å²) < 4.78 is 14.1. The van der Waals surface area contributed by atoms with E-state index in [1.165, 1.54) is 5.56 Å². The number of carboxylic acids is 1. The molecule has 2 saturated carbocycles. The molecule has 3 aliphatic rings. The first kappa shape index (κ1) is 24.0. The topological polar surface area (TPSA) is 89.8 Å². The van der Waals surface area contributed by atoms with Gasteiger partial charge in [-0.2, -0.15) is 0 Å². The highest BCUT2D eigenvalue weighted by Gasteiger charge is 2.56. The summed E-state index contributed by atoms with van der Waals surface area (Å²) in [7, 11) is 0. The molecule has 0 bridgehead atoms. The largest absolute Gasteiger partial charge is 0.479 e. The van der Waals surface area contributed by atoms with Crippen LogP contribution in [0.25, 0.3) is 0 Å². The number of anilines is 1. The average Bonchev–Trinajstić information content (AvgIpc) is 3.55. The molecule has 1 aliphatic heterocycles. The number of hydrogen-bond acceptors (Lipinski definition) is 4. The molecule has 0 aromatic heterocycles. The fourth-order valence-corrected chi connectivity index (χ4v) is 6.68. The molecule has 5 rings (SSSR count). The molecule has 5 nitrogen and oxygen atoms in total. The van der Waals surface area contributed by atoms with Gasteiger partial charge in [0, 0.05) is 29.5 Å². The van der Waals surface area contributed by atoms with Crippen LogP contribution in [-0.4, -0.2) is 39.5 Å². The molecule has 35 heavy (non-hydrogen) atoms. The molecular formula is C29H34FNO4. The lowest BCUT2D eigenvalue weighted by molar-refractivity contribution is -0.147. The van der Waals surface area contributed by atoms with Gasteiger partial charge in [-0.25, -0.2) is 9.18 Å². The highest BCUT2D eigenvalue weighted by atomic mass is 19.1. The Bertz CT molecular complexity index is 1080. The van der Waals surface area contributed by atoms with Crippen LogP contribution in [0.1, 0.15) is 56.1 Å². The van der Waals surface area contributed by atoms with Crippen molar-refractivity contribution in [3.63, 3.8) is 0 Å². The summed E-state index contributed by atoms with van der Waals surface area (Å²) in [5.74, 6) is -0.764. The molecule has 5 unspecified atom stereocenters. The number of aliphatic carboxylic acids is 1. The number of aliphatic hydroxyl groups is 2. The second kappa shape index (κ2) is 9.75. The van der Waals surface area contributed by atoms with Crippen molar-refractivity contribution in [2.45, 2.75) is 68.6 Å². The van der Waals surface area contributed by atoms with E-state index >= 15 is 0 Å². The minimum Gasteiger partial charge on any atom is -0.479 e. The van der Waals surface area contributed by atoms with Crippen molar-refractivity contribution in [1.82, 2.24) is 0 Å². The second-order valence-electron chi connectivity index (χ2n) is 10.5. The van der Waals surface area contributed by atoms with E-state index in [-0.39, 0.29) is 24.2 Å². The number of halogens is 1. The number of para-hydroxylation sites is 1. The number of nitrogens with one attached hydrogen (secondary N) is 1. The lowest BCUT2D eigenvalue weighted by Gasteiger charge is -2.53. The van der Waals surface area contributed by atoms with Gasteiger partial charge in [0.2, 0.25) is 0 Å². The van der Waals surface area contributed by atoms with Crippen molar-refractivity contribution >= 4 is 11.7 Å². The third-order valence-electron chi connectivity index (χ3n) is 8.35. The summed E-state index contributed by atoms with van der Waals surface area (Å²) in [5, 5.41) is 33.2. The predicted octanol–water partition coefficient (Wildman–Crippen LogP) is 4.88. The average molecular weight is 480 g/mol. The van der Waals surface area contributed by atoms with E-state index in [1.807, 2.05) is 24.3 Å². The summed E-state index contributed by atoms with van der Waals surface area (Å²) in [5.41, 5.74) is 3.00. The Balaban J connectivity index is 1.66. The highest BCUT2D eigenvalue weighted by molar-refractivity contribution is 5.72. The summed E-state index contributed by atoms with van der Waals surface area (Å²) in [4.78, 5) is 11.1. The van der Waals surface area contributed by atoms with Crippen molar-refractivity contribution in [2.75, 3.05) is 5.32 Å². The van der Waals surface area contributed by atoms with Crippen LogP contribution in [0.2, 0.25) is 0 Å². The molecule has 1 heterocycles. The predicted molar refractivity (Wildman–Crippen MR) is 133 cm³/mol. The number of carboxylic acid groups (broad SMARTS) is 1. The Morgan fingerprint density at radius 1 is 1.06 bits per heavy atom. The maximum atomic E-state index is 14.1. The minimum atomic E-state index is -1.62. The summed E-state index contributed by atoms with van der Waals surface area (Å²) >= 11 is 0. The minimum absolute atomic E-state index is 0.0184. The van der Waals surface area contributed by atoms with Gasteiger partial charge in [-0.3, -0.25) is 0 Å². The van der Waals surface area contributed by atoms with Crippen molar-refractivity contribution in [3.05, 3.63) is 77.6 Å². The molecule has 0 spiro atoms. The molecule has 0 saturated heterocycles. The van der Waals surface area contributed by atoms with Crippen molar-refractivity contribution in [2.24, 2.45) is 17.8 Å². The van der Waals surface area contributed by atoms with Gasteiger partial charge in [0.05, 0.1) is 6.10 Å². The highest BCUT2D eigenvalue weighted by Crippen LogP contribution is 2.59. The number of fused-ring (bicyclic) bond motifs is 1. The van der Waals surface area contributed by atoms with Crippen LogP contribution in [0.4, 0.5) is 10.1 Å². The van der Waals surface area contributed by atoms with E-state index in [4.69, 9.17) is 5.11 Å². The molecule has 2 aromatic rings. The van der Waals surface area contributed by atoms with Crippen molar-refractivity contribution in [1.29, 1.82) is 0 Å². The number of carbonyl (C=O) groups is 1. The van der Waals surface area contributed by atoms with Gasteiger partial charge in [-0.15, -0.1) is 0 Å². The van der Waals surface area contributed by atoms with Crippen LogP contribution in [0.5, 0.6) is 0 Å². The van der Waals surface area contributed by atoms with Crippen LogP contribution in [0, 0.1) is 23.6 Å². The molecule has 0 amide bonds. The monoisotopic (exact) mass is 479 g/mol. The van der Waals surface area contributed by atoms with Crippen LogP contribution in [0.3, 0.4) is 0 Å². The first-order valence-corrected chi connectivity index (χ1v) is 12.8. The Hall–Kier alpha value is -2.70. The molecule has 4 N–H and O–H groups in total. The lowest BCUT2D eigenvalue weighted by Crippen LogP contribution is -2.53. The van der Waals surface area contributed by atoms with E-state index in [0.29, 0.717) is 11.8 Å². The maximum Gasteiger partial charge on any atom is 0.332 e. The number of aliphatic hydroxyl groups excluding tert-OH is 2. The van der Waals surface area contributed by atoms with Crippen molar-refractivity contribution in [3.8, 4) is 0 Å². The van der Waals surface area contributed by atoms with E-state index in [2.05, 4.69) is 23.5 Å². The standard InChI is InChI=1S/C29H34FNO4/c30-21-13-11-20(12-14-21)29(19-5-1-2-6-19)23-7-3-4-8-25(23)31-27(18-9-10-18)24(29)16-15-22(32)17-26(33)28(34)35/h3-4,7-8,11-16,18-19,22,24,26-27,31-33H,1-2,5-6,9-10,17H2,(H,34,35)/b16-15+. The molecule has 2 fully saturated rings. The zero-order chi connectivity index (χ0) is 24.6. The van der Waals surface area contributed by atoms with Crippen LogP contribution < -0.4 is 5.32 Å². The zero-order valence-corrected chi connectivity index (χ0v) is 19.8. The zero-order valence-electron chi connectivity index (χ0n) is 19.8. The van der Waals surface area contributed by atoms with Crippen molar-refractivity contribution < 1.29 is 24.5 Å². The third kappa shape index (κ3) is 4.50. The Kier molecular flexibility index (Phi) is 6.69. The van der Waals surface area contributed by atoms with E-state index in [9.17, 15) is 19.4 Å². The van der Waals surface area contributed by atoms with Crippen LogP contribution >= 0.6 is 0 Å². The molecule has 2 aliphatic carbocycles. The van der Waals surface area contributed by atoms with Crippen LogP contribution in [-0.2, 0) is 10.2 Å². The SMILES string of the molecule is O=C(O)C(O)CC(O)/C=C/C1C(C2CC2)Nc2ccccc2C1(c1ccc(F)cc1)C1CCCC1. The van der Waals surface area contributed by atoms with E-state index in [0.717, 1.165) is 49.8 Å². The van der Waals surface area contributed by atoms with Gasteiger partial charge in [0.15, 0.2) is 6.10 Å². The molecular weight excluding hydrogens is 445 g/mol. The second-order valence-corrected chi connectivity index (χ2v) is 10.5. The molecule has 2 aromatic carbocycles. The van der Waals surface area contributed by atoms with E-state index in [1.54, 1.807) is 18.2 Å². The summed E-state index contributed by atoms with van der Waals surface area (Å²) in [6.07, 6.45) is 7.49. The van der Waals surface area contributed by atoms with Gasteiger partial charge in [0.1, 0.15) is 5.82 Å². The molecule has 0 radical (unpaired) electrons. The van der Waals surface area contributed by atoms with Gasteiger partial charge >= 0.3 is 5.97 Å². The van der Waals surface area contributed by atoms with Gasteiger partial charge < -0.3 is 20.6 Å². The fraction of sp³-hybridized carbons (Fsp3) is 0.483. The normalized spacial score (nSPS) is 28.4. The van der Waals surface area contributed by atoms with Crippen LogP contribution in [0.15, 0.2) is 60.7 Å². The molecule has 186 valence electrons. The van der Waals surface area contributed by atoms with Gasteiger partial charge in [0.25, 0.3) is 0 Å². The number of benzene rings is 2. The van der Waals surface area contributed by atoms with Gasteiger partial charge in [-0.05, 0) is 66.8 Å². The third-order valence-corrected chi connectivity index (χ3v) is 8.35. The summed E-state index contributed by atoms with van der Waals surface area (Å²) in [6, 6.07) is 15.5. The van der Waals surface area contributed by atoms with Gasteiger partial charge in [-0.1, -0.05) is 55.3 Å². The Morgan fingerprint density at radius 2 is 1.74 bits per heavy atom. The first-order valence-electron chi connectivity index (χ1n) is 12.8. The fourth-order valence-electron chi connectivity index (χ4n) is 6.68. The molecule has 5 atom stereocenters. The lowest BCUT2D eigenvalue weighted by atomic mass is 9.54. The number of hydrogen-bond donors (Lipinski definition) is 4. The Morgan fingerprint density at radius 3 is 2.40 bits per heavy atom. The quantitative estimate of drug-likeness (QED) is 0.406. The smallest absolute Gasteiger partial charge is 0.332 e. The number of rotatable bonds is 8. The molecule has 6 heteroatoms. The van der Waals surface area contributed by atoms with E-state index < -0.39 is 23.6 Å². The summed E-state index contributed by atoms with van der Waals surface area (Å²) in [6.45, 7) is 0. The Labute approximate surface area is 205 Å².